The SMILES string of the molecule is CC(C)N1N=CN(C)C1C#N. The van der Waals surface area contributed by atoms with Crippen LogP contribution < -0.4 is 0 Å². The molecule has 0 aliphatic carbocycles. The molecule has 4 heteroatoms. The van der Waals surface area contributed by atoms with E-state index in [1.165, 1.54) is 0 Å². The highest BCUT2D eigenvalue weighted by Gasteiger charge is 2.26. The summed E-state index contributed by atoms with van der Waals surface area (Å²) in [6.45, 7) is 4.03. The van der Waals surface area contributed by atoms with E-state index in [4.69, 9.17) is 5.26 Å². The lowest BCUT2D eigenvalue weighted by Crippen LogP contribution is -2.39. The van der Waals surface area contributed by atoms with E-state index in [9.17, 15) is 0 Å². The molecule has 1 heterocycles. The van der Waals surface area contributed by atoms with Gasteiger partial charge in [0.15, 0.2) is 0 Å². The fourth-order valence-corrected chi connectivity index (χ4v) is 1.02. The Morgan fingerprint density at radius 2 is 2.27 bits per heavy atom. The number of nitrogens with zero attached hydrogens (tertiary/aromatic N) is 4. The standard InChI is InChI=1S/C7H12N4/c1-6(2)11-7(4-8)10(3)5-9-11/h5-7H,1-3H3. The van der Waals surface area contributed by atoms with Crippen LogP contribution in [0.1, 0.15) is 13.8 Å². The van der Waals surface area contributed by atoms with Crippen molar-refractivity contribution in [3.63, 3.8) is 0 Å². The first kappa shape index (κ1) is 7.86. The molecule has 4 nitrogen and oxygen atoms in total. The Bertz CT molecular complexity index is 203. The van der Waals surface area contributed by atoms with E-state index in [0.717, 1.165) is 0 Å². The zero-order chi connectivity index (χ0) is 8.43. The zero-order valence-corrected chi connectivity index (χ0v) is 7.02. The number of hydrogen-bond donors (Lipinski definition) is 0. The first-order chi connectivity index (χ1) is 5.16. The molecule has 0 aromatic rings. The van der Waals surface area contributed by atoms with Gasteiger partial charge in [-0.3, -0.25) is 5.01 Å². The lowest BCUT2D eigenvalue weighted by atomic mass is 10.3. The van der Waals surface area contributed by atoms with Crippen molar-refractivity contribution in [1.29, 1.82) is 5.26 Å². The molecule has 0 aromatic carbocycles. The second-order valence-electron chi connectivity index (χ2n) is 2.87. The summed E-state index contributed by atoms with van der Waals surface area (Å²) in [4.78, 5) is 1.79. The normalized spacial score (nSPS) is 23.0. The predicted molar refractivity (Wildman–Crippen MR) is 42.6 cm³/mol. The highest BCUT2D eigenvalue weighted by Crippen LogP contribution is 2.12. The molecule has 0 radical (unpaired) electrons. The van der Waals surface area contributed by atoms with Gasteiger partial charge < -0.3 is 4.90 Å². The van der Waals surface area contributed by atoms with E-state index in [1.807, 2.05) is 20.9 Å². The average Bonchev–Trinajstić information content (AvgIpc) is 2.30. The molecule has 0 N–H and O–H groups in total. The number of nitriles is 1. The van der Waals surface area contributed by atoms with Gasteiger partial charge in [-0.25, -0.2) is 0 Å². The molecule has 0 saturated carbocycles. The molecule has 0 saturated heterocycles. The second-order valence-corrected chi connectivity index (χ2v) is 2.87. The Balaban J connectivity index is 2.70. The maximum atomic E-state index is 8.74. The van der Waals surface area contributed by atoms with Crippen LogP contribution in [0.4, 0.5) is 0 Å². The van der Waals surface area contributed by atoms with Gasteiger partial charge in [-0.1, -0.05) is 0 Å². The third-order valence-electron chi connectivity index (χ3n) is 1.65. The highest BCUT2D eigenvalue weighted by atomic mass is 15.6. The minimum atomic E-state index is -0.227. The molecule has 1 aliphatic heterocycles. The second kappa shape index (κ2) is 2.79. The van der Waals surface area contributed by atoms with Crippen LogP contribution in [0.2, 0.25) is 0 Å². The van der Waals surface area contributed by atoms with Crippen molar-refractivity contribution in [1.82, 2.24) is 9.91 Å². The van der Waals surface area contributed by atoms with Gasteiger partial charge in [-0.05, 0) is 13.8 Å². The van der Waals surface area contributed by atoms with E-state index >= 15 is 0 Å². The highest BCUT2D eigenvalue weighted by molar-refractivity contribution is 5.57. The van der Waals surface area contributed by atoms with Crippen molar-refractivity contribution in [3.05, 3.63) is 0 Å². The first-order valence-electron chi connectivity index (χ1n) is 3.61. The zero-order valence-electron chi connectivity index (χ0n) is 7.02. The summed E-state index contributed by atoms with van der Waals surface area (Å²) >= 11 is 0. The first-order valence-corrected chi connectivity index (χ1v) is 3.61. The van der Waals surface area contributed by atoms with Crippen molar-refractivity contribution >= 4 is 6.34 Å². The molecule has 60 valence electrons. The molecule has 0 bridgehead atoms. The lowest BCUT2D eigenvalue weighted by molar-refractivity contribution is 0.155. The van der Waals surface area contributed by atoms with Crippen molar-refractivity contribution in [2.24, 2.45) is 5.10 Å². The Morgan fingerprint density at radius 3 is 2.64 bits per heavy atom. The van der Waals surface area contributed by atoms with E-state index in [-0.39, 0.29) is 12.2 Å². The summed E-state index contributed by atoms with van der Waals surface area (Å²) in [5.74, 6) is 0. The van der Waals surface area contributed by atoms with Crippen molar-refractivity contribution in [2.75, 3.05) is 7.05 Å². The van der Waals surface area contributed by atoms with Crippen LogP contribution in [-0.2, 0) is 0 Å². The van der Waals surface area contributed by atoms with E-state index in [0.29, 0.717) is 0 Å². The van der Waals surface area contributed by atoms with Gasteiger partial charge in [0.05, 0.1) is 0 Å². The molecular formula is C7H12N4. The summed E-state index contributed by atoms with van der Waals surface area (Å²) < 4.78 is 0. The Kier molecular flexibility index (Phi) is 1.99. The minimum absolute atomic E-state index is 0.227. The molecule has 1 rings (SSSR count). The molecule has 1 atom stereocenters. The Labute approximate surface area is 66.7 Å². The van der Waals surface area contributed by atoms with E-state index < -0.39 is 0 Å². The third kappa shape index (κ3) is 1.27. The van der Waals surface area contributed by atoms with Gasteiger partial charge in [0.2, 0.25) is 6.17 Å². The molecule has 0 amide bonds. The summed E-state index contributed by atoms with van der Waals surface area (Å²) in [5, 5.41) is 14.6. The van der Waals surface area contributed by atoms with Crippen LogP contribution in [0, 0.1) is 11.3 Å². The Morgan fingerprint density at radius 1 is 1.64 bits per heavy atom. The van der Waals surface area contributed by atoms with Crippen LogP contribution in [0.3, 0.4) is 0 Å². The van der Waals surface area contributed by atoms with Gasteiger partial charge in [-0.2, -0.15) is 10.4 Å². The van der Waals surface area contributed by atoms with Crippen molar-refractivity contribution in [3.8, 4) is 6.07 Å². The summed E-state index contributed by atoms with van der Waals surface area (Å²) in [6, 6.07) is 2.45. The van der Waals surface area contributed by atoms with Crippen LogP contribution in [0.5, 0.6) is 0 Å². The van der Waals surface area contributed by atoms with Crippen LogP contribution in [-0.4, -0.2) is 35.5 Å². The maximum Gasteiger partial charge on any atom is 0.207 e. The molecular weight excluding hydrogens is 140 g/mol. The monoisotopic (exact) mass is 152 g/mol. The Hall–Kier alpha value is -1.24. The minimum Gasteiger partial charge on any atom is -0.331 e. The fraction of sp³-hybridized carbons (Fsp3) is 0.714. The van der Waals surface area contributed by atoms with Gasteiger partial charge in [0.25, 0.3) is 0 Å². The van der Waals surface area contributed by atoms with Gasteiger partial charge in [-0.15, -0.1) is 0 Å². The quantitative estimate of drug-likeness (QED) is 0.547. The molecule has 0 fully saturated rings. The van der Waals surface area contributed by atoms with Crippen LogP contribution in [0.25, 0.3) is 0 Å². The largest absolute Gasteiger partial charge is 0.331 e. The molecule has 0 spiro atoms. The van der Waals surface area contributed by atoms with Crippen molar-refractivity contribution in [2.45, 2.75) is 26.1 Å². The van der Waals surface area contributed by atoms with E-state index in [1.54, 1.807) is 16.2 Å². The van der Waals surface area contributed by atoms with Crippen LogP contribution >= 0.6 is 0 Å². The lowest BCUT2D eigenvalue weighted by Gasteiger charge is -2.25. The number of hydrogen-bond acceptors (Lipinski definition) is 4. The third-order valence-corrected chi connectivity index (χ3v) is 1.65. The summed E-state index contributed by atoms with van der Waals surface area (Å²) in [7, 11) is 1.85. The maximum absolute atomic E-state index is 8.74. The molecule has 0 aromatic heterocycles. The average molecular weight is 152 g/mol. The van der Waals surface area contributed by atoms with Gasteiger partial charge in [0, 0.05) is 13.1 Å². The molecule has 1 aliphatic rings. The summed E-state index contributed by atoms with van der Waals surface area (Å²) in [5.41, 5.74) is 0. The van der Waals surface area contributed by atoms with Crippen LogP contribution in [0.15, 0.2) is 5.10 Å². The van der Waals surface area contributed by atoms with E-state index in [2.05, 4.69) is 11.2 Å². The molecule has 1 unspecified atom stereocenters. The fourth-order valence-electron chi connectivity index (χ4n) is 1.02. The predicted octanol–water partition coefficient (Wildman–Crippen LogP) is 0.435. The van der Waals surface area contributed by atoms with Crippen molar-refractivity contribution < 1.29 is 0 Å². The summed E-state index contributed by atoms with van der Waals surface area (Å²) in [6.07, 6.45) is 1.45. The smallest absolute Gasteiger partial charge is 0.207 e. The number of hydrazone groups is 1. The van der Waals surface area contributed by atoms with Gasteiger partial charge >= 0.3 is 0 Å². The topological polar surface area (TPSA) is 42.6 Å². The molecule has 11 heavy (non-hydrogen) atoms. The van der Waals surface area contributed by atoms with Gasteiger partial charge in [0.1, 0.15) is 12.4 Å². The number of rotatable bonds is 1.